The number of hydrogen-bond donors (Lipinski definition) is 1. The number of rotatable bonds is 21. The van der Waals surface area contributed by atoms with E-state index in [9.17, 15) is 22.8 Å². The van der Waals surface area contributed by atoms with Crippen molar-refractivity contribution in [2.24, 2.45) is 0 Å². The molecule has 1 aromatic rings. The van der Waals surface area contributed by atoms with E-state index in [-0.39, 0.29) is 24.7 Å². The number of benzene rings is 1. The van der Waals surface area contributed by atoms with E-state index in [2.05, 4.69) is 4.72 Å². The molecule has 0 unspecified atom stereocenters. The number of aldehydes is 3. The Morgan fingerprint density at radius 1 is 0.758 bits per heavy atom. The molecule has 0 heterocycles. The van der Waals surface area contributed by atoms with Gasteiger partial charge < -0.3 is 28.6 Å². The normalized spacial score (nSPS) is 11.9. The molecule has 0 atom stereocenters. The van der Waals surface area contributed by atoms with Gasteiger partial charge in [0.1, 0.15) is 38.7 Å². The summed E-state index contributed by atoms with van der Waals surface area (Å²) >= 11 is 0. The molecular weight excluding hydrogens is 450 g/mol. The van der Waals surface area contributed by atoms with E-state index >= 15 is 0 Å². The Morgan fingerprint density at radius 3 is 1.52 bits per heavy atom. The van der Waals surface area contributed by atoms with E-state index < -0.39 is 15.6 Å². The van der Waals surface area contributed by atoms with Crippen LogP contribution in [0.25, 0.3) is 0 Å². The fourth-order valence-corrected chi connectivity index (χ4v) is 5.01. The molecule has 10 heteroatoms. The average molecular weight is 486 g/mol. The SMILES string of the molecule is Cc1ccc(S(=O)(=O)NC(CCCOCC=O)(CCCOCC=O)CCCOCC=O)cc1. The zero-order valence-corrected chi connectivity index (χ0v) is 20.0. The number of hydrogen-bond acceptors (Lipinski definition) is 8. The first kappa shape index (κ1) is 29.1. The van der Waals surface area contributed by atoms with E-state index in [1.165, 1.54) is 0 Å². The summed E-state index contributed by atoms with van der Waals surface area (Å²) in [5.41, 5.74) is 0.135. The van der Waals surface area contributed by atoms with Crippen molar-refractivity contribution >= 4 is 28.9 Å². The van der Waals surface area contributed by atoms with E-state index in [1.54, 1.807) is 24.3 Å². The molecule has 0 aliphatic carbocycles. The number of nitrogens with one attached hydrogen (secondary N) is 1. The van der Waals surface area contributed by atoms with Gasteiger partial charge in [-0.15, -0.1) is 0 Å². The molecule has 33 heavy (non-hydrogen) atoms. The van der Waals surface area contributed by atoms with Crippen molar-refractivity contribution in [3.63, 3.8) is 0 Å². The van der Waals surface area contributed by atoms with Crippen LogP contribution in [0.5, 0.6) is 0 Å². The zero-order chi connectivity index (χ0) is 24.4. The van der Waals surface area contributed by atoms with Crippen molar-refractivity contribution in [1.29, 1.82) is 0 Å². The van der Waals surface area contributed by atoms with Gasteiger partial charge in [-0.25, -0.2) is 13.1 Å². The first-order valence-corrected chi connectivity index (χ1v) is 12.5. The molecule has 0 saturated carbocycles. The molecule has 1 rings (SSSR count). The molecule has 0 fully saturated rings. The predicted octanol–water partition coefficient (Wildman–Crippen LogP) is 2.00. The molecule has 0 aromatic heterocycles. The summed E-state index contributed by atoms with van der Waals surface area (Å²) < 4.78 is 45.1. The summed E-state index contributed by atoms with van der Waals surface area (Å²) in [6.07, 6.45) is 5.03. The molecule has 0 amide bonds. The van der Waals surface area contributed by atoms with E-state index in [0.29, 0.717) is 77.2 Å². The van der Waals surface area contributed by atoms with Crippen molar-refractivity contribution < 1.29 is 37.0 Å². The summed E-state index contributed by atoms with van der Waals surface area (Å²) in [6, 6.07) is 6.61. The van der Waals surface area contributed by atoms with Crippen LogP contribution < -0.4 is 4.72 Å². The Morgan fingerprint density at radius 2 is 1.15 bits per heavy atom. The lowest BCUT2D eigenvalue weighted by atomic mass is 9.85. The van der Waals surface area contributed by atoms with Crippen LogP contribution in [0.4, 0.5) is 0 Å². The van der Waals surface area contributed by atoms with Crippen molar-refractivity contribution in [3.05, 3.63) is 29.8 Å². The van der Waals surface area contributed by atoms with Gasteiger partial charge in [-0.3, -0.25) is 0 Å². The van der Waals surface area contributed by atoms with Gasteiger partial charge in [0.25, 0.3) is 0 Å². The molecule has 0 bridgehead atoms. The van der Waals surface area contributed by atoms with Crippen LogP contribution in [-0.4, -0.2) is 72.5 Å². The smallest absolute Gasteiger partial charge is 0.241 e. The van der Waals surface area contributed by atoms with Gasteiger partial charge in [0.2, 0.25) is 10.0 Å². The summed E-state index contributed by atoms with van der Waals surface area (Å²) in [4.78, 5) is 31.7. The highest BCUT2D eigenvalue weighted by Gasteiger charge is 2.34. The topological polar surface area (TPSA) is 125 Å². The van der Waals surface area contributed by atoms with Crippen molar-refractivity contribution in [2.75, 3.05) is 39.6 Å². The molecule has 0 spiro atoms. The molecule has 0 aliphatic rings. The third-order valence-corrected chi connectivity index (χ3v) is 6.67. The third-order valence-electron chi connectivity index (χ3n) is 5.07. The van der Waals surface area contributed by atoms with Crippen molar-refractivity contribution in [3.8, 4) is 0 Å². The minimum atomic E-state index is -3.82. The fraction of sp³-hybridized carbons (Fsp3) is 0.609. The maximum atomic E-state index is 13.2. The van der Waals surface area contributed by atoms with Gasteiger partial charge in [0.05, 0.1) is 4.90 Å². The summed E-state index contributed by atoms with van der Waals surface area (Å²) in [7, 11) is -3.82. The molecule has 186 valence electrons. The Kier molecular flexibility index (Phi) is 14.6. The van der Waals surface area contributed by atoms with E-state index in [4.69, 9.17) is 14.2 Å². The molecule has 0 saturated heterocycles. The molecule has 1 aromatic carbocycles. The van der Waals surface area contributed by atoms with Crippen LogP contribution in [0, 0.1) is 6.92 Å². The quantitative estimate of drug-likeness (QED) is 0.207. The van der Waals surface area contributed by atoms with Gasteiger partial charge in [-0.1, -0.05) is 17.7 Å². The monoisotopic (exact) mass is 485 g/mol. The second-order valence-electron chi connectivity index (χ2n) is 7.73. The summed E-state index contributed by atoms with van der Waals surface area (Å²) in [6.45, 7) is 2.79. The summed E-state index contributed by atoms with van der Waals surface area (Å²) in [5.74, 6) is 0. The number of ether oxygens (including phenoxy) is 3. The number of carbonyl (C=O) groups is 3. The van der Waals surface area contributed by atoms with Crippen molar-refractivity contribution in [1.82, 2.24) is 4.72 Å². The second kappa shape index (κ2) is 16.6. The molecular formula is C23H35NO8S. The predicted molar refractivity (Wildman–Crippen MR) is 123 cm³/mol. The van der Waals surface area contributed by atoms with Gasteiger partial charge in [-0.2, -0.15) is 0 Å². The first-order valence-electron chi connectivity index (χ1n) is 11.0. The highest BCUT2D eigenvalue weighted by molar-refractivity contribution is 7.89. The van der Waals surface area contributed by atoms with Crippen LogP contribution in [0.2, 0.25) is 0 Å². The lowest BCUT2D eigenvalue weighted by Crippen LogP contribution is -2.49. The van der Waals surface area contributed by atoms with Crippen LogP contribution in [0.3, 0.4) is 0 Å². The lowest BCUT2D eigenvalue weighted by Gasteiger charge is -2.35. The molecule has 9 nitrogen and oxygen atoms in total. The van der Waals surface area contributed by atoms with Crippen LogP contribution in [0.15, 0.2) is 29.2 Å². The Hall–Kier alpha value is -1.98. The van der Waals surface area contributed by atoms with E-state index in [1.807, 2.05) is 6.92 Å². The highest BCUT2D eigenvalue weighted by atomic mass is 32.2. The maximum Gasteiger partial charge on any atom is 0.241 e. The zero-order valence-electron chi connectivity index (χ0n) is 19.2. The average Bonchev–Trinajstić information content (AvgIpc) is 2.79. The summed E-state index contributed by atoms with van der Waals surface area (Å²) in [5, 5.41) is 0. The van der Waals surface area contributed by atoms with Crippen molar-refractivity contribution in [2.45, 2.75) is 55.9 Å². The van der Waals surface area contributed by atoms with Gasteiger partial charge in [0, 0.05) is 25.4 Å². The largest absolute Gasteiger partial charge is 0.374 e. The Bertz CT molecular complexity index is 750. The maximum absolute atomic E-state index is 13.2. The van der Waals surface area contributed by atoms with Crippen LogP contribution in [0.1, 0.15) is 44.1 Å². The van der Waals surface area contributed by atoms with Gasteiger partial charge in [-0.05, 0) is 57.6 Å². The Balaban J connectivity index is 3.03. The number of aryl methyl sites for hydroxylation is 1. The van der Waals surface area contributed by atoms with Crippen LogP contribution >= 0.6 is 0 Å². The molecule has 0 radical (unpaired) electrons. The fourth-order valence-electron chi connectivity index (χ4n) is 3.52. The van der Waals surface area contributed by atoms with E-state index in [0.717, 1.165) is 5.56 Å². The minimum absolute atomic E-state index is 0.0127. The highest BCUT2D eigenvalue weighted by Crippen LogP contribution is 2.28. The van der Waals surface area contributed by atoms with Gasteiger partial charge in [0.15, 0.2) is 0 Å². The minimum Gasteiger partial charge on any atom is -0.374 e. The standard InChI is InChI=1S/C23H35NO8S/c1-21-5-7-22(8-6-21)33(28,29)24-23(9-2-15-30-18-12-25,10-3-16-31-19-13-26)11-4-17-32-20-14-27/h5-8,12-14,24H,2-4,9-11,15-20H2,1H3. The second-order valence-corrected chi connectivity index (χ2v) is 9.42. The first-order chi connectivity index (χ1) is 15.9. The number of carbonyl (C=O) groups excluding carboxylic acids is 3. The Labute approximate surface area is 196 Å². The molecule has 0 aliphatic heterocycles. The third kappa shape index (κ3) is 12.2. The lowest BCUT2D eigenvalue weighted by molar-refractivity contribution is -0.112. The number of sulfonamides is 1. The van der Waals surface area contributed by atoms with Gasteiger partial charge >= 0.3 is 0 Å². The van der Waals surface area contributed by atoms with Crippen LogP contribution in [-0.2, 0) is 38.6 Å². The molecule has 1 N–H and O–H groups in total.